The van der Waals surface area contributed by atoms with Gasteiger partial charge in [0.2, 0.25) is 0 Å². The molecule has 6 heteroatoms. The Morgan fingerprint density at radius 2 is 2.00 bits per heavy atom. The van der Waals surface area contributed by atoms with Gasteiger partial charge in [-0.05, 0) is 18.9 Å². The maximum atomic E-state index is 4.77. The van der Waals surface area contributed by atoms with Crippen LogP contribution in [0.25, 0.3) is 16.8 Å². The zero-order chi connectivity index (χ0) is 14.9. The molecule has 3 aromatic rings. The van der Waals surface area contributed by atoms with E-state index in [0.717, 1.165) is 22.6 Å². The summed E-state index contributed by atoms with van der Waals surface area (Å²) >= 11 is 0. The number of fused-ring (bicyclic) bond motifs is 1. The van der Waals surface area contributed by atoms with Gasteiger partial charge >= 0.3 is 0 Å². The first-order chi connectivity index (χ1) is 10.8. The lowest BCUT2D eigenvalue weighted by molar-refractivity contribution is 0.462. The number of nitrogens with zero attached hydrogens (tertiary/aromatic N) is 5. The predicted molar refractivity (Wildman–Crippen MR) is 85.7 cm³/mol. The van der Waals surface area contributed by atoms with Gasteiger partial charge in [-0.2, -0.15) is 10.2 Å². The third kappa shape index (κ3) is 2.45. The molecule has 1 saturated carbocycles. The van der Waals surface area contributed by atoms with Gasteiger partial charge in [0, 0.05) is 36.6 Å². The van der Waals surface area contributed by atoms with E-state index in [1.54, 1.807) is 4.68 Å². The third-order valence-electron chi connectivity index (χ3n) is 4.34. The second-order valence-corrected chi connectivity index (χ2v) is 6.02. The van der Waals surface area contributed by atoms with Gasteiger partial charge in [-0.3, -0.25) is 4.68 Å². The smallest absolute Gasteiger partial charge is 0.165 e. The molecule has 114 valence electrons. The third-order valence-corrected chi connectivity index (χ3v) is 4.34. The average molecular weight is 296 g/mol. The number of aromatic nitrogens is 5. The van der Waals surface area contributed by atoms with Crippen LogP contribution in [0.4, 0.5) is 5.82 Å². The molecule has 0 atom stereocenters. The molecule has 1 N–H and O–H groups in total. The fourth-order valence-electron chi connectivity index (χ4n) is 3.17. The molecule has 22 heavy (non-hydrogen) atoms. The summed E-state index contributed by atoms with van der Waals surface area (Å²) in [6.45, 7) is 0. The van der Waals surface area contributed by atoms with Crippen molar-refractivity contribution < 1.29 is 0 Å². The summed E-state index contributed by atoms with van der Waals surface area (Å²) in [5.41, 5.74) is 2.93. The van der Waals surface area contributed by atoms with Gasteiger partial charge in [0.25, 0.3) is 0 Å². The first-order valence-electron chi connectivity index (χ1n) is 7.89. The first-order valence-corrected chi connectivity index (χ1v) is 7.89. The monoisotopic (exact) mass is 296 g/mol. The maximum Gasteiger partial charge on any atom is 0.165 e. The number of aryl methyl sites for hydroxylation is 1. The Morgan fingerprint density at radius 3 is 2.77 bits per heavy atom. The molecule has 0 bridgehead atoms. The Hall–Kier alpha value is -2.37. The minimum Gasteiger partial charge on any atom is -0.367 e. The van der Waals surface area contributed by atoms with Crippen molar-refractivity contribution in [1.82, 2.24) is 24.4 Å². The highest BCUT2D eigenvalue weighted by Gasteiger charge is 2.15. The Bertz CT molecular complexity index is 781. The van der Waals surface area contributed by atoms with E-state index in [2.05, 4.69) is 15.5 Å². The summed E-state index contributed by atoms with van der Waals surface area (Å²) in [4.78, 5) is 4.77. The first kappa shape index (κ1) is 13.3. The molecule has 4 rings (SSSR count). The molecule has 0 radical (unpaired) electrons. The fourth-order valence-corrected chi connectivity index (χ4v) is 3.17. The quantitative estimate of drug-likeness (QED) is 0.807. The van der Waals surface area contributed by atoms with Gasteiger partial charge in [-0.1, -0.05) is 19.3 Å². The lowest BCUT2D eigenvalue weighted by atomic mass is 9.95. The van der Waals surface area contributed by atoms with Gasteiger partial charge in [-0.15, -0.1) is 0 Å². The number of hydrogen-bond donors (Lipinski definition) is 1. The molecule has 0 unspecified atom stereocenters. The maximum absolute atomic E-state index is 4.77. The van der Waals surface area contributed by atoms with E-state index in [1.807, 2.05) is 42.4 Å². The molecule has 0 aromatic carbocycles. The van der Waals surface area contributed by atoms with Gasteiger partial charge in [-0.25, -0.2) is 9.50 Å². The van der Waals surface area contributed by atoms with Crippen LogP contribution in [-0.4, -0.2) is 30.4 Å². The van der Waals surface area contributed by atoms with E-state index in [4.69, 9.17) is 4.98 Å². The van der Waals surface area contributed by atoms with Crippen molar-refractivity contribution in [2.24, 2.45) is 7.05 Å². The molecule has 0 saturated heterocycles. The SMILES string of the molecule is Cn1cc(-c2cnn3ccc(NC4CCCCC4)nc23)cn1. The Labute approximate surface area is 129 Å². The summed E-state index contributed by atoms with van der Waals surface area (Å²) < 4.78 is 3.61. The van der Waals surface area contributed by atoms with Crippen LogP contribution < -0.4 is 5.32 Å². The summed E-state index contributed by atoms with van der Waals surface area (Å²) in [5.74, 6) is 0.935. The number of nitrogens with one attached hydrogen (secondary N) is 1. The number of rotatable bonds is 3. The summed E-state index contributed by atoms with van der Waals surface area (Å²) in [7, 11) is 1.92. The topological polar surface area (TPSA) is 60.0 Å². The standard InChI is InChI=1S/C16H20N6/c1-21-11-12(9-17-21)14-10-18-22-8-7-15(20-16(14)22)19-13-5-3-2-4-6-13/h7-11,13H,2-6H2,1H3,(H,19,20). The molecule has 0 aliphatic heterocycles. The minimum absolute atomic E-state index is 0.550. The molecule has 3 heterocycles. The van der Waals surface area contributed by atoms with Crippen molar-refractivity contribution in [3.8, 4) is 11.1 Å². The molecule has 6 nitrogen and oxygen atoms in total. The van der Waals surface area contributed by atoms with Crippen molar-refractivity contribution in [3.63, 3.8) is 0 Å². The Kier molecular flexibility index (Phi) is 3.29. The molecular formula is C16H20N6. The van der Waals surface area contributed by atoms with Gasteiger partial charge in [0.05, 0.1) is 12.4 Å². The van der Waals surface area contributed by atoms with Crippen LogP contribution in [-0.2, 0) is 7.05 Å². The average Bonchev–Trinajstić information content (AvgIpc) is 3.14. The summed E-state index contributed by atoms with van der Waals surface area (Å²) in [5, 5.41) is 12.2. The van der Waals surface area contributed by atoms with E-state index in [1.165, 1.54) is 32.1 Å². The van der Waals surface area contributed by atoms with E-state index in [-0.39, 0.29) is 0 Å². The van der Waals surface area contributed by atoms with Crippen LogP contribution in [0, 0.1) is 0 Å². The van der Waals surface area contributed by atoms with E-state index in [9.17, 15) is 0 Å². The van der Waals surface area contributed by atoms with Crippen molar-refractivity contribution in [1.29, 1.82) is 0 Å². The van der Waals surface area contributed by atoms with E-state index in [0.29, 0.717) is 6.04 Å². The van der Waals surface area contributed by atoms with Gasteiger partial charge in [0.15, 0.2) is 5.65 Å². The fraction of sp³-hybridized carbons (Fsp3) is 0.438. The highest BCUT2D eigenvalue weighted by atomic mass is 15.3. The molecule has 0 spiro atoms. The number of hydrogen-bond acceptors (Lipinski definition) is 4. The van der Waals surface area contributed by atoms with E-state index >= 15 is 0 Å². The summed E-state index contributed by atoms with van der Waals surface area (Å²) in [6, 6.07) is 2.55. The van der Waals surface area contributed by atoms with Crippen LogP contribution in [0.2, 0.25) is 0 Å². The Morgan fingerprint density at radius 1 is 1.14 bits per heavy atom. The molecule has 1 aliphatic rings. The number of anilines is 1. The van der Waals surface area contributed by atoms with Crippen LogP contribution in [0.1, 0.15) is 32.1 Å². The molecule has 3 aromatic heterocycles. The van der Waals surface area contributed by atoms with Crippen LogP contribution in [0.15, 0.2) is 30.9 Å². The highest BCUT2D eigenvalue weighted by molar-refractivity contribution is 5.76. The Balaban J connectivity index is 1.67. The molecule has 0 amide bonds. The normalized spacial score (nSPS) is 16.2. The van der Waals surface area contributed by atoms with Crippen molar-refractivity contribution in [2.45, 2.75) is 38.1 Å². The zero-order valence-corrected chi connectivity index (χ0v) is 12.7. The van der Waals surface area contributed by atoms with Crippen LogP contribution >= 0.6 is 0 Å². The van der Waals surface area contributed by atoms with Crippen molar-refractivity contribution >= 4 is 11.5 Å². The second-order valence-electron chi connectivity index (χ2n) is 6.02. The summed E-state index contributed by atoms with van der Waals surface area (Å²) in [6.07, 6.45) is 14.1. The predicted octanol–water partition coefficient (Wildman–Crippen LogP) is 2.87. The minimum atomic E-state index is 0.550. The van der Waals surface area contributed by atoms with Crippen molar-refractivity contribution in [2.75, 3.05) is 5.32 Å². The lowest BCUT2D eigenvalue weighted by Crippen LogP contribution is -2.22. The molecular weight excluding hydrogens is 276 g/mol. The second kappa shape index (κ2) is 5.44. The van der Waals surface area contributed by atoms with Crippen LogP contribution in [0.5, 0.6) is 0 Å². The lowest BCUT2D eigenvalue weighted by Gasteiger charge is -2.23. The molecule has 1 aliphatic carbocycles. The van der Waals surface area contributed by atoms with Crippen LogP contribution in [0.3, 0.4) is 0 Å². The van der Waals surface area contributed by atoms with Gasteiger partial charge < -0.3 is 5.32 Å². The van der Waals surface area contributed by atoms with Crippen molar-refractivity contribution in [3.05, 3.63) is 30.9 Å². The highest BCUT2D eigenvalue weighted by Crippen LogP contribution is 2.25. The van der Waals surface area contributed by atoms with E-state index < -0.39 is 0 Å². The zero-order valence-electron chi connectivity index (χ0n) is 12.7. The largest absolute Gasteiger partial charge is 0.367 e. The van der Waals surface area contributed by atoms with Gasteiger partial charge in [0.1, 0.15) is 5.82 Å². The molecule has 1 fully saturated rings.